The van der Waals surface area contributed by atoms with E-state index < -0.39 is 24.0 Å². The number of hydrogen-bond acceptors (Lipinski definition) is 12. The summed E-state index contributed by atoms with van der Waals surface area (Å²) in [5.41, 5.74) is 9.67. The Morgan fingerprint density at radius 1 is 1.02 bits per heavy atom. The zero-order chi connectivity index (χ0) is 37.2. The second-order valence-corrected chi connectivity index (χ2v) is 14.7. The van der Waals surface area contributed by atoms with E-state index in [0.29, 0.717) is 49.6 Å². The molecule has 53 heavy (non-hydrogen) atoms. The Morgan fingerprint density at radius 3 is 2.32 bits per heavy atom. The van der Waals surface area contributed by atoms with Crippen molar-refractivity contribution in [2.45, 2.75) is 62.9 Å². The van der Waals surface area contributed by atoms with Crippen molar-refractivity contribution in [2.24, 2.45) is 11.7 Å². The number of nitrogens with two attached hydrogens (primary N) is 1. The van der Waals surface area contributed by atoms with Crippen molar-refractivity contribution in [1.82, 2.24) is 15.3 Å². The van der Waals surface area contributed by atoms with Gasteiger partial charge in [0.05, 0.1) is 17.3 Å². The van der Waals surface area contributed by atoms with Crippen LogP contribution in [0, 0.1) is 28.6 Å². The summed E-state index contributed by atoms with van der Waals surface area (Å²) in [5, 5.41) is 27.5. The number of amides is 1. The molecule has 1 fully saturated rings. The number of benzene rings is 2. The summed E-state index contributed by atoms with van der Waals surface area (Å²) in [6.45, 7) is 6.98. The molecule has 1 unspecified atom stereocenters. The number of esters is 1. The lowest BCUT2D eigenvalue weighted by molar-refractivity contribution is -0.148. The van der Waals surface area contributed by atoms with Crippen LogP contribution in [0.4, 0.5) is 5.82 Å². The van der Waals surface area contributed by atoms with E-state index in [1.807, 2.05) is 43.5 Å². The Kier molecular flexibility index (Phi) is 15.3. The molecule has 3 N–H and O–H groups in total. The van der Waals surface area contributed by atoms with Gasteiger partial charge in [0.2, 0.25) is 5.91 Å². The predicted molar refractivity (Wildman–Crippen MR) is 211 cm³/mol. The molecule has 15 heteroatoms. The molecule has 278 valence electrons. The minimum Gasteiger partial charge on any atom is -0.490 e. The van der Waals surface area contributed by atoms with E-state index in [1.54, 1.807) is 31.2 Å². The number of anilines is 1. The molecular formula is C38H41Cl2N7O4S2. The largest absolute Gasteiger partial charge is 0.490 e. The lowest BCUT2D eigenvalue weighted by Crippen LogP contribution is -2.50. The van der Waals surface area contributed by atoms with E-state index in [4.69, 9.17) is 36.8 Å². The third-order valence-corrected chi connectivity index (χ3v) is 11.0. The molecule has 3 heterocycles. The molecule has 5 rings (SSSR count). The van der Waals surface area contributed by atoms with E-state index in [2.05, 4.69) is 22.4 Å². The van der Waals surface area contributed by atoms with Gasteiger partial charge in [-0.1, -0.05) is 67.9 Å². The van der Waals surface area contributed by atoms with E-state index in [1.165, 1.54) is 23.1 Å². The summed E-state index contributed by atoms with van der Waals surface area (Å²) < 4.78 is 11.1. The molecule has 11 nitrogen and oxygen atoms in total. The number of carbonyl (C=O) groups is 2. The minimum absolute atomic E-state index is 0. The van der Waals surface area contributed by atoms with Gasteiger partial charge in [-0.05, 0) is 55.5 Å². The molecular weight excluding hydrogens is 754 g/mol. The Labute approximate surface area is 329 Å². The summed E-state index contributed by atoms with van der Waals surface area (Å²) in [4.78, 5) is 36.6. The Bertz CT molecular complexity index is 1960. The maximum atomic E-state index is 12.4. The molecule has 4 aromatic rings. The molecule has 0 spiro atoms. The van der Waals surface area contributed by atoms with Crippen LogP contribution in [0.15, 0.2) is 58.9 Å². The van der Waals surface area contributed by atoms with Crippen molar-refractivity contribution in [1.29, 1.82) is 10.5 Å². The van der Waals surface area contributed by atoms with Gasteiger partial charge in [-0.3, -0.25) is 4.79 Å². The SMILES string of the molecule is CCC(C)[C@H](N)C(=O)N[C@@H](C)C(=O)OCCOc1ccc(-c2c(C#N)c(SCc3csc(-c4ccc(Cl)cc4)n3)nc(N3CCCC3)c2C#N)cc1.Cl. The topological polar surface area (TPSA) is 167 Å². The molecule has 1 aliphatic heterocycles. The molecule has 0 radical (unpaired) electrons. The minimum atomic E-state index is -0.854. The molecule has 0 saturated carbocycles. The molecule has 0 bridgehead atoms. The second-order valence-electron chi connectivity index (χ2n) is 12.4. The Balaban J connectivity index is 0.00000627. The maximum Gasteiger partial charge on any atom is 0.328 e. The van der Waals surface area contributed by atoms with E-state index >= 15 is 0 Å². The van der Waals surface area contributed by atoms with E-state index in [0.717, 1.165) is 48.6 Å². The maximum absolute atomic E-state index is 12.4. The van der Waals surface area contributed by atoms with E-state index in [9.17, 15) is 20.1 Å². The van der Waals surface area contributed by atoms with Crippen LogP contribution in [0.25, 0.3) is 21.7 Å². The summed E-state index contributed by atoms with van der Waals surface area (Å²) in [7, 11) is 0. The zero-order valence-corrected chi connectivity index (χ0v) is 32.8. The van der Waals surface area contributed by atoms with Gasteiger partial charge in [-0.15, -0.1) is 23.7 Å². The van der Waals surface area contributed by atoms with Crippen LogP contribution >= 0.6 is 47.1 Å². The van der Waals surface area contributed by atoms with Crippen LogP contribution in [-0.2, 0) is 20.1 Å². The Hall–Kier alpha value is -4.37. The molecule has 2 aromatic carbocycles. The first kappa shape index (κ1) is 41.4. The first-order chi connectivity index (χ1) is 25.1. The number of aromatic nitrogens is 2. The lowest BCUT2D eigenvalue weighted by Gasteiger charge is -2.22. The predicted octanol–water partition coefficient (Wildman–Crippen LogP) is 7.38. The third kappa shape index (κ3) is 10.4. The number of ether oxygens (including phenoxy) is 2. The molecule has 1 aliphatic rings. The van der Waals surface area contributed by atoms with Gasteiger partial charge in [-0.2, -0.15) is 10.5 Å². The quantitative estimate of drug-likeness (QED) is 0.0700. The number of nitrogens with one attached hydrogen (secondary N) is 1. The number of hydrogen-bond donors (Lipinski definition) is 2. The number of thiazole rings is 1. The van der Waals surface area contributed by atoms with Gasteiger partial charge in [-0.25, -0.2) is 14.8 Å². The molecule has 0 aliphatic carbocycles. The molecule has 1 amide bonds. The highest BCUT2D eigenvalue weighted by Gasteiger charge is 2.27. The number of rotatable bonds is 15. The number of nitrogens with zero attached hydrogens (tertiary/aromatic N) is 5. The summed E-state index contributed by atoms with van der Waals surface area (Å²) >= 11 is 9.02. The highest BCUT2D eigenvalue weighted by Crippen LogP contribution is 2.40. The molecule has 2 aromatic heterocycles. The third-order valence-electron chi connectivity index (χ3n) is 8.79. The average molecular weight is 795 g/mol. The van der Waals surface area contributed by atoms with Gasteiger partial charge in [0, 0.05) is 40.4 Å². The van der Waals surface area contributed by atoms with Crippen molar-refractivity contribution in [3.63, 3.8) is 0 Å². The Morgan fingerprint density at radius 2 is 1.68 bits per heavy atom. The first-order valence-electron chi connectivity index (χ1n) is 17.1. The first-order valence-corrected chi connectivity index (χ1v) is 19.3. The van der Waals surface area contributed by atoms with Crippen LogP contribution in [0.2, 0.25) is 5.02 Å². The fourth-order valence-corrected chi connectivity index (χ4v) is 7.51. The molecule has 3 atom stereocenters. The monoisotopic (exact) mass is 793 g/mol. The van der Waals surface area contributed by atoms with Gasteiger partial charge in [0.1, 0.15) is 58.6 Å². The number of pyridine rings is 1. The summed E-state index contributed by atoms with van der Waals surface area (Å²) in [5.74, 6) is 0.577. The van der Waals surface area contributed by atoms with Crippen molar-refractivity contribution in [3.8, 4) is 39.6 Å². The fraction of sp³-hybridized carbons (Fsp3) is 0.368. The van der Waals surface area contributed by atoms with Crippen LogP contribution in [0.1, 0.15) is 56.9 Å². The van der Waals surface area contributed by atoms with Gasteiger partial charge in [0.25, 0.3) is 0 Å². The van der Waals surface area contributed by atoms with Crippen LogP contribution in [0.5, 0.6) is 5.75 Å². The number of thioether (sulfide) groups is 1. The van der Waals surface area contributed by atoms with Crippen LogP contribution < -0.4 is 20.7 Å². The standard InChI is InChI=1S/C38H40ClN7O4S2.ClH/c1-4-23(2)33(42)35(47)43-24(3)38(48)50-18-17-49-29-13-9-25(10-14-29)32-30(19-40)34(46-15-5-6-16-46)45-37(31(32)20-41)52-22-28-21-51-36(44-28)26-7-11-27(39)12-8-26;/h7-14,21,23-24,33H,4-6,15-18,22,42H2,1-3H3,(H,43,47);1H/t23?,24-,33-;/m0./s1. The van der Waals surface area contributed by atoms with Gasteiger partial charge in [0.15, 0.2) is 0 Å². The zero-order valence-electron chi connectivity index (χ0n) is 29.6. The van der Waals surface area contributed by atoms with Gasteiger partial charge >= 0.3 is 5.97 Å². The normalized spacial score (nSPS) is 13.9. The highest BCUT2D eigenvalue weighted by atomic mass is 35.5. The highest BCUT2D eigenvalue weighted by molar-refractivity contribution is 7.98. The van der Waals surface area contributed by atoms with Crippen molar-refractivity contribution in [2.75, 3.05) is 31.2 Å². The fourth-order valence-electron chi connectivity index (χ4n) is 5.58. The summed E-state index contributed by atoms with van der Waals surface area (Å²) in [6, 6.07) is 17.8. The van der Waals surface area contributed by atoms with Crippen molar-refractivity contribution in [3.05, 3.63) is 75.8 Å². The number of carbonyl (C=O) groups excluding carboxylic acids is 2. The smallest absolute Gasteiger partial charge is 0.328 e. The van der Waals surface area contributed by atoms with Gasteiger partial charge < -0.3 is 25.4 Å². The van der Waals surface area contributed by atoms with E-state index in [-0.39, 0.29) is 31.5 Å². The number of nitriles is 2. The molecule has 1 saturated heterocycles. The number of halogens is 2. The lowest BCUT2D eigenvalue weighted by atomic mass is 9.96. The van der Waals surface area contributed by atoms with Crippen LogP contribution in [-0.4, -0.2) is 60.2 Å². The average Bonchev–Trinajstić information content (AvgIpc) is 3.88. The second kappa shape index (κ2) is 19.6. The van der Waals surface area contributed by atoms with Crippen molar-refractivity contribution >= 4 is 64.8 Å². The van der Waals surface area contributed by atoms with Crippen molar-refractivity contribution < 1.29 is 19.1 Å². The van der Waals surface area contributed by atoms with Crippen LogP contribution in [0.3, 0.4) is 0 Å². The summed E-state index contributed by atoms with van der Waals surface area (Å²) in [6.07, 6.45) is 2.74.